The second-order valence-electron chi connectivity index (χ2n) is 10.6. The summed E-state index contributed by atoms with van der Waals surface area (Å²) in [6, 6.07) is 26.3. The van der Waals surface area contributed by atoms with Gasteiger partial charge in [-0.2, -0.15) is 0 Å². The Balaban J connectivity index is 1.03. The quantitative estimate of drug-likeness (QED) is 0.335. The normalized spacial score (nSPS) is 16.6. The molecule has 8 nitrogen and oxygen atoms in total. The molecule has 7 rings (SSSR count). The topological polar surface area (TPSA) is 77.5 Å². The molecule has 0 bridgehead atoms. The molecular weight excluding hydrogens is 510 g/mol. The third kappa shape index (κ3) is 4.93. The number of amides is 1. The zero-order valence-corrected chi connectivity index (χ0v) is 22.9. The Hall–Kier alpha value is -4.98. The molecular formula is C33H31N7O. The molecule has 2 aromatic heterocycles. The molecule has 41 heavy (non-hydrogen) atoms. The molecule has 1 saturated heterocycles. The average molecular weight is 542 g/mol. The minimum Gasteiger partial charge on any atom is -0.368 e. The van der Waals surface area contributed by atoms with Crippen LogP contribution in [0.1, 0.15) is 5.56 Å². The molecule has 0 spiro atoms. The van der Waals surface area contributed by atoms with Crippen molar-refractivity contribution in [3.8, 4) is 11.1 Å². The fourth-order valence-electron chi connectivity index (χ4n) is 5.86. The van der Waals surface area contributed by atoms with Crippen LogP contribution in [0.2, 0.25) is 0 Å². The van der Waals surface area contributed by atoms with E-state index in [1.807, 2.05) is 68.1 Å². The maximum atomic E-state index is 13.1. The zero-order chi connectivity index (χ0) is 27.8. The molecule has 0 aliphatic carbocycles. The number of aromatic nitrogens is 3. The van der Waals surface area contributed by atoms with E-state index in [0.29, 0.717) is 0 Å². The lowest BCUT2D eigenvalue weighted by Gasteiger charge is -2.36. The van der Waals surface area contributed by atoms with E-state index in [2.05, 4.69) is 61.4 Å². The fourth-order valence-corrected chi connectivity index (χ4v) is 5.86. The number of rotatable bonds is 5. The summed E-state index contributed by atoms with van der Waals surface area (Å²) in [6.45, 7) is 3.63. The van der Waals surface area contributed by atoms with Gasteiger partial charge in [-0.05, 0) is 59.2 Å². The number of piperazine rings is 1. The van der Waals surface area contributed by atoms with Gasteiger partial charge in [0, 0.05) is 69.1 Å². The van der Waals surface area contributed by atoms with Crippen molar-refractivity contribution in [2.45, 2.75) is 12.5 Å². The van der Waals surface area contributed by atoms with Crippen molar-refractivity contribution in [2.24, 2.45) is 0 Å². The maximum absolute atomic E-state index is 13.1. The van der Waals surface area contributed by atoms with Crippen LogP contribution in [0.4, 0.5) is 22.9 Å². The maximum Gasteiger partial charge on any atom is 0.247 e. The number of nitrogens with zero attached hydrogens (tertiary/aromatic N) is 6. The third-order valence-corrected chi connectivity index (χ3v) is 8.20. The Morgan fingerprint density at radius 2 is 1.56 bits per heavy atom. The summed E-state index contributed by atoms with van der Waals surface area (Å²) in [5.74, 6) is 0.910. The number of hydrogen-bond donors (Lipinski definition) is 1. The van der Waals surface area contributed by atoms with E-state index in [1.54, 1.807) is 0 Å². The first-order chi connectivity index (χ1) is 20.1. The number of carbonyl (C=O) groups is 1. The van der Waals surface area contributed by atoms with Gasteiger partial charge in [-0.15, -0.1) is 0 Å². The summed E-state index contributed by atoms with van der Waals surface area (Å²) in [6.07, 6.45) is 6.28. The number of fused-ring (bicyclic) bond motifs is 2. The average Bonchev–Trinajstić information content (AvgIpc) is 3.38. The van der Waals surface area contributed by atoms with Gasteiger partial charge in [0.05, 0.1) is 17.2 Å². The van der Waals surface area contributed by atoms with Gasteiger partial charge in [-0.25, -0.2) is 4.98 Å². The Labute approximate surface area is 239 Å². The monoisotopic (exact) mass is 541 g/mol. The summed E-state index contributed by atoms with van der Waals surface area (Å²) < 4.78 is 0. The van der Waals surface area contributed by atoms with Crippen LogP contribution >= 0.6 is 0 Å². The number of anilines is 4. The van der Waals surface area contributed by atoms with Gasteiger partial charge in [0.15, 0.2) is 0 Å². The Bertz CT molecular complexity index is 1700. The minimum atomic E-state index is -0.209. The van der Waals surface area contributed by atoms with Crippen molar-refractivity contribution in [1.29, 1.82) is 0 Å². The van der Waals surface area contributed by atoms with Crippen LogP contribution in [0.5, 0.6) is 0 Å². The van der Waals surface area contributed by atoms with Gasteiger partial charge >= 0.3 is 0 Å². The number of pyridine rings is 1. The van der Waals surface area contributed by atoms with Crippen molar-refractivity contribution in [1.82, 2.24) is 15.0 Å². The van der Waals surface area contributed by atoms with Crippen LogP contribution in [-0.2, 0) is 11.2 Å². The predicted molar refractivity (Wildman–Crippen MR) is 165 cm³/mol. The molecule has 204 valence electrons. The smallest absolute Gasteiger partial charge is 0.247 e. The predicted octanol–water partition coefficient (Wildman–Crippen LogP) is 5.02. The first kappa shape index (κ1) is 25.0. The van der Waals surface area contributed by atoms with Crippen molar-refractivity contribution in [2.75, 3.05) is 53.2 Å². The second kappa shape index (κ2) is 10.5. The number of likely N-dealkylation sites (N-methyl/N-ethyl adjacent to an activating group) is 1. The van der Waals surface area contributed by atoms with Gasteiger partial charge in [-0.3, -0.25) is 14.8 Å². The Morgan fingerprint density at radius 3 is 2.34 bits per heavy atom. The summed E-state index contributed by atoms with van der Waals surface area (Å²) in [5, 5.41) is 3.10. The summed E-state index contributed by atoms with van der Waals surface area (Å²) in [4.78, 5) is 33.6. The molecule has 4 heterocycles. The van der Waals surface area contributed by atoms with Crippen LogP contribution in [0, 0.1) is 0 Å². The van der Waals surface area contributed by atoms with E-state index in [0.717, 1.165) is 72.0 Å². The number of para-hydroxylation sites is 1. The first-order valence-corrected chi connectivity index (χ1v) is 14.0. The van der Waals surface area contributed by atoms with E-state index in [4.69, 9.17) is 9.97 Å². The van der Waals surface area contributed by atoms with Gasteiger partial charge in [0.1, 0.15) is 11.9 Å². The molecule has 8 heteroatoms. The van der Waals surface area contributed by atoms with Gasteiger partial charge < -0.3 is 20.0 Å². The van der Waals surface area contributed by atoms with Crippen molar-refractivity contribution < 1.29 is 4.79 Å². The highest BCUT2D eigenvalue weighted by Crippen LogP contribution is 2.31. The second-order valence-corrected chi connectivity index (χ2v) is 10.6. The van der Waals surface area contributed by atoms with Gasteiger partial charge in [0.2, 0.25) is 5.91 Å². The molecule has 1 atom stereocenters. The van der Waals surface area contributed by atoms with E-state index in [1.165, 1.54) is 11.3 Å². The van der Waals surface area contributed by atoms with Crippen molar-refractivity contribution in [3.63, 3.8) is 0 Å². The summed E-state index contributed by atoms with van der Waals surface area (Å²) in [5.41, 5.74) is 8.20. The molecule has 1 fully saturated rings. The van der Waals surface area contributed by atoms with Crippen LogP contribution in [0.15, 0.2) is 97.5 Å². The van der Waals surface area contributed by atoms with Crippen LogP contribution in [0.25, 0.3) is 22.2 Å². The van der Waals surface area contributed by atoms with Crippen LogP contribution < -0.4 is 20.0 Å². The number of carbonyl (C=O) groups excluding carboxylic acids is 1. The Kier molecular flexibility index (Phi) is 6.43. The van der Waals surface area contributed by atoms with Crippen molar-refractivity contribution in [3.05, 3.63) is 103 Å². The standard InChI is InChI=1S/C33H31N7O/c1-38-30-5-3-2-4-25(30)21-31(38)33(41)36-26-9-6-23(7-10-26)24-8-11-28-29(20-24)37-32(22-35-28)40-18-16-39(17-19-40)27-12-14-34-15-13-27/h2-15,20,22,31H,16-19,21H2,1H3,(H,36,41). The molecule has 1 unspecified atom stereocenters. The number of nitrogens with one attached hydrogen (secondary N) is 1. The van der Waals surface area contributed by atoms with E-state index >= 15 is 0 Å². The van der Waals surface area contributed by atoms with Crippen LogP contribution in [-0.4, -0.2) is 60.1 Å². The molecule has 2 aliphatic heterocycles. The third-order valence-electron chi connectivity index (χ3n) is 8.20. The van der Waals surface area contributed by atoms with E-state index in [-0.39, 0.29) is 11.9 Å². The van der Waals surface area contributed by atoms with Gasteiger partial charge in [0.25, 0.3) is 0 Å². The van der Waals surface area contributed by atoms with E-state index < -0.39 is 0 Å². The Morgan fingerprint density at radius 1 is 0.829 bits per heavy atom. The fraction of sp³-hybridized carbons (Fsp3) is 0.212. The molecule has 0 radical (unpaired) electrons. The largest absolute Gasteiger partial charge is 0.368 e. The zero-order valence-electron chi connectivity index (χ0n) is 22.9. The first-order valence-electron chi connectivity index (χ1n) is 14.0. The molecule has 1 N–H and O–H groups in total. The number of hydrogen-bond acceptors (Lipinski definition) is 7. The van der Waals surface area contributed by atoms with Crippen LogP contribution in [0.3, 0.4) is 0 Å². The highest BCUT2D eigenvalue weighted by Gasteiger charge is 2.31. The molecule has 1 amide bonds. The lowest BCUT2D eigenvalue weighted by atomic mass is 10.0. The summed E-state index contributed by atoms with van der Waals surface area (Å²) in [7, 11) is 1.98. The molecule has 5 aromatic rings. The lowest BCUT2D eigenvalue weighted by Crippen LogP contribution is -2.46. The van der Waals surface area contributed by atoms with Gasteiger partial charge in [-0.1, -0.05) is 36.4 Å². The molecule has 3 aromatic carbocycles. The highest BCUT2D eigenvalue weighted by molar-refractivity contribution is 5.98. The minimum absolute atomic E-state index is 0.00608. The molecule has 0 saturated carbocycles. The van der Waals surface area contributed by atoms with E-state index in [9.17, 15) is 4.79 Å². The number of benzene rings is 3. The highest BCUT2D eigenvalue weighted by atomic mass is 16.2. The SMILES string of the molecule is CN1c2ccccc2CC1C(=O)Nc1ccc(-c2ccc3ncc(N4CCN(c5ccncc5)CC4)nc3c2)cc1. The lowest BCUT2D eigenvalue weighted by molar-refractivity contribution is -0.117. The molecule has 2 aliphatic rings. The summed E-state index contributed by atoms with van der Waals surface area (Å²) >= 11 is 0. The van der Waals surface area contributed by atoms with Crippen molar-refractivity contribution >= 4 is 39.8 Å².